The fourth-order valence-electron chi connectivity index (χ4n) is 3.30. The van der Waals surface area contributed by atoms with E-state index in [1.54, 1.807) is 6.07 Å². The third kappa shape index (κ3) is 2.48. The Bertz CT molecular complexity index is 678. The molecule has 0 radical (unpaired) electrons. The van der Waals surface area contributed by atoms with E-state index in [1.807, 2.05) is 30.3 Å². The maximum absolute atomic E-state index is 11.4. The van der Waals surface area contributed by atoms with E-state index in [0.29, 0.717) is 11.5 Å². The Morgan fingerprint density at radius 1 is 1.19 bits per heavy atom. The van der Waals surface area contributed by atoms with Crippen LogP contribution in [0.4, 0.5) is 5.69 Å². The minimum absolute atomic E-state index is 0.383. The van der Waals surface area contributed by atoms with Crippen LogP contribution < -0.4 is 4.90 Å². The van der Waals surface area contributed by atoms with Gasteiger partial charge in [0.15, 0.2) is 0 Å². The van der Waals surface area contributed by atoms with E-state index in [1.165, 1.54) is 12.1 Å². The summed E-state index contributed by atoms with van der Waals surface area (Å²) in [6, 6.07) is 11.5. The molecule has 0 aliphatic carbocycles. The van der Waals surface area contributed by atoms with Crippen molar-refractivity contribution in [3.8, 4) is 0 Å². The topological polar surface area (TPSA) is 40.5 Å². The maximum atomic E-state index is 11.4. The van der Waals surface area contributed by atoms with Crippen LogP contribution in [0, 0.1) is 11.8 Å². The second-order valence-corrected chi connectivity index (χ2v) is 6.22. The quantitative estimate of drug-likeness (QED) is 0.925. The van der Waals surface area contributed by atoms with E-state index < -0.39 is 5.97 Å². The monoisotopic (exact) mass is 283 g/mol. The van der Waals surface area contributed by atoms with Crippen molar-refractivity contribution in [1.82, 2.24) is 0 Å². The highest BCUT2D eigenvalue weighted by molar-refractivity contribution is 6.07. The highest BCUT2D eigenvalue weighted by atomic mass is 16.4. The van der Waals surface area contributed by atoms with Crippen molar-refractivity contribution in [1.29, 1.82) is 0 Å². The summed E-state index contributed by atoms with van der Waals surface area (Å²) in [5, 5.41) is 11.2. The molecule has 0 spiro atoms. The van der Waals surface area contributed by atoms with Gasteiger partial charge in [-0.3, -0.25) is 0 Å². The Kier molecular flexibility index (Phi) is 3.58. The molecule has 1 unspecified atom stereocenters. The van der Waals surface area contributed by atoms with Crippen LogP contribution in [-0.4, -0.2) is 24.2 Å². The largest absolute Gasteiger partial charge is 0.478 e. The standard InChI is InChI=1S/C18H21NO2/c1-12(2)13-9-10-19(11-13)17-8-7-16(18(20)21)14-5-3-4-6-15(14)17/h3-8,12-13H,9-11H2,1-2H3,(H,20,21). The summed E-state index contributed by atoms with van der Waals surface area (Å²) in [5.74, 6) is 0.557. The van der Waals surface area contributed by atoms with Gasteiger partial charge >= 0.3 is 5.97 Å². The molecule has 2 aromatic carbocycles. The molecule has 1 saturated heterocycles. The van der Waals surface area contributed by atoms with Crippen LogP contribution in [0.5, 0.6) is 0 Å². The summed E-state index contributed by atoms with van der Waals surface area (Å²) in [6.45, 7) is 6.67. The first kappa shape index (κ1) is 13.9. The van der Waals surface area contributed by atoms with Gasteiger partial charge < -0.3 is 10.0 Å². The van der Waals surface area contributed by atoms with Crippen LogP contribution in [0.3, 0.4) is 0 Å². The van der Waals surface area contributed by atoms with Gasteiger partial charge in [-0.05, 0) is 35.8 Å². The first-order valence-corrected chi connectivity index (χ1v) is 7.58. The molecule has 0 amide bonds. The molecule has 0 saturated carbocycles. The molecule has 21 heavy (non-hydrogen) atoms. The summed E-state index contributed by atoms with van der Waals surface area (Å²) < 4.78 is 0. The molecule has 110 valence electrons. The molecule has 3 nitrogen and oxygen atoms in total. The average molecular weight is 283 g/mol. The second kappa shape index (κ2) is 5.40. The number of carbonyl (C=O) groups is 1. The van der Waals surface area contributed by atoms with Gasteiger partial charge in [0.25, 0.3) is 0 Å². The van der Waals surface area contributed by atoms with E-state index in [2.05, 4.69) is 18.7 Å². The van der Waals surface area contributed by atoms with Crippen molar-refractivity contribution in [2.24, 2.45) is 11.8 Å². The van der Waals surface area contributed by atoms with Crippen molar-refractivity contribution in [3.63, 3.8) is 0 Å². The first-order chi connectivity index (χ1) is 10.1. The van der Waals surface area contributed by atoms with Gasteiger partial charge in [0.05, 0.1) is 5.56 Å². The molecular formula is C18H21NO2. The molecule has 1 N–H and O–H groups in total. The number of nitrogens with zero attached hydrogens (tertiary/aromatic N) is 1. The number of carboxylic acids is 1. The average Bonchev–Trinajstić information content (AvgIpc) is 2.95. The second-order valence-electron chi connectivity index (χ2n) is 6.22. The minimum Gasteiger partial charge on any atom is -0.478 e. The molecule has 3 heteroatoms. The third-order valence-corrected chi connectivity index (χ3v) is 4.64. The van der Waals surface area contributed by atoms with Crippen LogP contribution in [0.2, 0.25) is 0 Å². The molecule has 1 heterocycles. The van der Waals surface area contributed by atoms with Crippen molar-refractivity contribution in [2.45, 2.75) is 20.3 Å². The van der Waals surface area contributed by atoms with Crippen molar-refractivity contribution < 1.29 is 9.90 Å². The number of anilines is 1. The molecule has 0 bridgehead atoms. The van der Waals surface area contributed by atoms with Gasteiger partial charge in [0.1, 0.15) is 0 Å². The molecule has 1 atom stereocenters. The molecule has 1 aliphatic rings. The Labute approximate surface area is 125 Å². The van der Waals surface area contributed by atoms with Crippen molar-refractivity contribution in [2.75, 3.05) is 18.0 Å². The van der Waals surface area contributed by atoms with Crippen LogP contribution in [0.25, 0.3) is 10.8 Å². The van der Waals surface area contributed by atoms with E-state index in [9.17, 15) is 9.90 Å². The number of rotatable bonds is 3. The Morgan fingerprint density at radius 2 is 1.90 bits per heavy atom. The molecule has 1 fully saturated rings. The van der Waals surface area contributed by atoms with Crippen LogP contribution >= 0.6 is 0 Å². The highest BCUT2D eigenvalue weighted by Crippen LogP contribution is 2.34. The van der Waals surface area contributed by atoms with Gasteiger partial charge in [-0.1, -0.05) is 38.1 Å². The highest BCUT2D eigenvalue weighted by Gasteiger charge is 2.26. The normalized spacial score (nSPS) is 18.6. The lowest BCUT2D eigenvalue weighted by Crippen LogP contribution is -2.21. The number of carboxylic acid groups (broad SMARTS) is 1. The van der Waals surface area contributed by atoms with E-state index >= 15 is 0 Å². The summed E-state index contributed by atoms with van der Waals surface area (Å²) in [4.78, 5) is 13.8. The zero-order valence-corrected chi connectivity index (χ0v) is 12.5. The minimum atomic E-state index is -0.862. The van der Waals surface area contributed by atoms with Gasteiger partial charge in [-0.25, -0.2) is 4.79 Å². The van der Waals surface area contributed by atoms with Gasteiger partial charge in [-0.2, -0.15) is 0 Å². The van der Waals surface area contributed by atoms with Crippen molar-refractivity contribution in [3.05, 3.63) is 42.0 Å². The predicted molar refractivity (Wildman–Crippen MR) is 86.1 cm³/mol. The fourth-order valence-corrected chi connectivity index (χ4v) is 3.30. The smallest absolute Gasteiger partial charge is 0.336 e. The summed E-state index contributed by atoms with van der Waals surface area (Å²) in [6.07, 6.45) is 1.21. The predicted octanol–water partition coefficient (Wildman–Crippen LogP) is 4.02. The van der Waals surface area contributed by atoms with E-state index in [4.69, 9.17) is 0 Å². The number of hydrogen-bond acceptors (Lipinski definition) is 2. The first-order valence-electron chi connectivity index (χ1n) is 7.58. The molecule has 0 aromatic heterocycles. The Hall–Kier alpha value is -2.03. The molecule has 1 aliphatic heterocycles. The molecular weight excluding hydrogens is 262 g/mol. The number of aromatic carboxylic acids is 1. The lowest BCUT2D eigenvalue weighted by Gasteiger charge is -2.22. The summed E-state index contributed by atoms with van der Waals surface area (Å²) >= 11 is 0. The van der Waals surface area contributed by atoms with E-state index in [0.717, 1.165) is 29.8 Å². The SMILES string of the molecule is CC(C)C1CCN(c2ccc(C(=O)O)c3ccccc23)C1. The number of benzene rings is 2. The van der Waals surface area contributed by atoms with Gasteiger partial charge in [-0.15, -0.1) is 0 Å². The zero-order chi connectivity index (χ0) is 15.0. The summed E-state index contributed by atoms with van der Waals surface area (Å²) in [5.41, 5.74) is 1.55. The zero-order valence-electron chi connectivity index (χ0n) is 12.5. The van der Waals surface area contributed by atoms with Gasteiger partial charge in [0, 0.05) is 24.2 Å². The summed E-state index contributed by atoms with van der Waals surface area (Å²) in [7, 11) is 0. The Morgan fingerprint density at radius 3 is 2.52 bits per heavy atom. The Balaban J connectivity index is 2.05. The lowest BCUT2D eigenvalue weighted by atomic mass is 9.95. The third-order valence-electron chi connectivity index (χ3n) is 4.64. The fraction of sp³-hybridized carbons (Fsp3) is 0.389. The van der Waals surface area contributed by atoms with Gasteiger partial charge in [0.2, 0.25) is 0 Å². The van der Waals surface area contributed by atoms with Crippen LogP contribution in [-0.2, 0) is 0 Å². The molecule has 2 aromatic rings. The molecule has 3 rings (SSSR count). The maximum Gasteiger partial charge on any atom is 0.336 e. The van der Waals surface area contributed by atoms with Crippen LogP contribution in [0.15, 0.2) is 36.4 Å². The lowest BCUT2D eigenvalue weighted by molar-refractivity contribution is 0.0699. The number of fused-ring (bicyclic) bond motifs is 1. The number of hydrogen-bond donors (Lipinski definition) is 1. The van der Waals surface area contributed by atoms with Crippen molar-refractivity contribution >= 4 is 22.4 Å². The van der Waals surface area contributed by atoms with E-state index in [-0.39, 0.29) is 0 Å². The van der Waals surface area contributed by atoms with Crippen LogP contribution in [0.1, 0.15) is 30.6 Å².